The predicted octanol–water partition coefficient (Wildman–Crippen LogP) is 5.74. The van der Waals surface area contributed by atoms with Crippen molar-refractivity contribution in [3.63, 3.8) is 0 Å². The molecule has 2 aromatic rings. The highest BCUT2D eigenvalue weighted by Gasteiger charge is 1.99. The molecule has 0 atom stereocenters. The molecule has 0 heterocycles. The predicted molar refractivity (Wildman–Crippen MR) is 95.4 cm³/mol. The van der Waals surface area contributed by atoms with Crippen molar-refractivity contribution in [3.8, 4) is 22.9 Å². The summed E-state index contributed by atoms with van der Waals surface area (Å²) >= 11 is 0. The molecule has 0 aliphatic heterocycles. The largest absolute Gasteiger partial charge is 0.494 e. The van der Waals surface area contributed by atoms with E-state index < -0.39 is 0 Å². The standard InChI is InChI=1S/C21H23NO/c1-2-3-4-5-6-7-16-23-21-14-12-20(13-15-21)19-10-8-18(17-22)9-11-19/h2-3,8-15H,4-7,16H2,1H3/b3-2+. The van der Waals surface area contributed by atoms with Gasteiger partial charge in [-0.1, -0.05) is 36.4 Å². The van der Waals surface area contributed by atoms with Gasteiger partial charge in [-0.25, -0.2) is 0 Å². The lowest BCUT2D eigenvalue weighted by Gasteiger charge is -2.07. The first kappa shape index (κ1) is 16.8. The van der Waals surface area contributed by atoms with Gasteiger partial charge in [0.05, 0.1) is 18.2 Å². The smallest absolute Gasteiger partial charge is 0.119 e. The zero-order valence-electron chi connectivity index (χ0n) is 13.7. The zero-order chi connectivity index (χ0) is 16.3. The molecule has 2 rings (SSSR count). The first-order valence-corrected chi connectivity index (χ1v) is 8.18. The van der Waals surface area contributed by atoms with Crippen molar-refractivity contribution in [2.24, 2.45) is 0 Å². The first-order valence-electron chi connectivity index (χ1n) is 8.18. The van der Waals surface area contributed by atoms with E-state index in [1.54, 1.807) is 0 Å². The summed E-state index contributed by atoms with van der Waals surface area (Å²) in [7, 11) is 0. The minimum absolute atomic E-state index is 0.683. The van der Waals surface area contributed by atoms with Crippen LogP contribution in [-0.2, 0) is 0 Å². The zero-order valence-corrected chi connectivity index (χ0v) is 13.7. The molecule has 0 radical (unpaired) electrons. The summed E-state index contributed by atoms with van der Waals surface area (Å²) < 4.78 is 5.78. The average molecular weight is 305 g/mol. The molecule has 0 amide bonds. The Morgan fingerprint density at radius 1 is 0.913 bits per heavy atom. The number of benzene rings is 2. The van der Waals surface area contributed by atoms with E-state index in [4.69, 9.17) is 10.00 Å². The molecule has 0 spiro atoms. The fourth-order valence-corrected chi connectivity index (χ4v) is 2.38. The van der Waals surface area contributed by atoms with Crippen molar-refractivity contribution in [1.29, 1.82) is 5.26 Å². The van der Waals surface area contributed by atoms with Gasteiger partial charge in [0, 0.05) is 0 Å². The highest BCUT2D eigenvalue weighted by Crippen LogP contribution is 2.23. The Kier molecular flexibility index (Phi) is 6.94. The molecule has 2 aromatic carbocycles. The summed E-state index contributed by atoms with van der Waals surface area (Å²) in [6.45, 7) is 2.83. The summed E-state index contributed by atoms with van der Waals surface area (Å²) in [5.41, 5.74) is 2.93. The lowest BCUT2D eigenvalue weighted by Crippen LogP contribution is -1.97. The van der Waals surface area contributed by atoms with E-state index in [0.717, 1.165) is 36.3 Å². The van der Waals surface area contributed by atoms with Gasteiger partial charge >= 0.3 is 0 Å². The molecule has 0 bridgehead atoms. The van der Waals surface area contributed by atoms with Crippen LogP contribution in [0.2, 0.25) is 0 Å². The number of unbranched alkanes of at least 4 members (excludes halogenated alkanes) is 3. The molecule has 23 heavy (non-hydrogen) atoms. The van der Waals surface area contributed by atoms with Gasteiger partial charge < -0.3 is 4.74 Å². The number of ether oxygens (including phenoxy) is 1. The van der Waals surface area contributed by atoms with Crippen LogP contribution < -0.4 is 4.74 Å². The van der Waals surface area contributed by atoms with Crippen molar-refractivity contribution >= 4 is 0 Å². The van der Waals surface area contributed by atoms with Gasteiger partial charge in [0.25, 0.3) is 0 Å². The summed E-state index contributed by atoms with van der Waals surface area (Å²) in [5, 5.41) is 8.83. The maximum Gasteiger partial charge on any atom is 0.119 e. The molecule has 2 heteroatoms. The van der Waals surface area contributed by atoms with Crippen LogP contribution in [0.1, 0.15) is 38.2 Å². The molecular formula is C21H23NO. The highest BCUT2D eigenvalue weighted by atomic mass is 16.5. The Hall–Kier alpha value is -2.53. The van der Waals surface area contributed by atoms with Gasteiger partial charge in [0.15, 0.2) is 0 Å². The third-order valence-corrected chi connectivity index (χ3v) is 3.72. The molecule has 2 nitrogen and oxygen atoms in total. The Labute approximate surface area is 139 Å². The summed E-state index contributed by atoms with van der Waals surface area (Å²) in [5.74, 6) is 0.913. The molecular weight excluding hydrogens is 282 g/mol. The van der Waals surface area contributed by atoms with Gasteiger partial charge in [0.2, 0.25) is 0 Å². The van der Waals surface area contributed by atoms with Crippen LogP contribution in [0.3, 0.4) is 0 Å². The van der Waals surface area contributed by atoms with Crippen LogP contribution in [0.15, 0.2) is 60.7 Å². The monoisotopic (exact) mass is 305 g/mol. The SMILES string of the molecule is C/C=C/CCCCCOc1ccc(-c2ccc(C#N)cc2)cc1. The number of rotatable bonds is 8. The Morgan fingerprint density at radius 2 is 1.57 bits per heavy atom. The Bertz CT molecular complexity index is 648. The average Bonchev–Trinajstić information content (AvgIpc) is 2.61. The second-order valence-electron chi connectivity index (χ2n) is 5.48. The lowest BCUT2D eigenvalue weighted by atomic mass is 10.0. The van der Waals surface area contributed by atoms with Gasteiger partial charge in [-0.3, -0.25) is 0 Å². The van der Waals surface area contributed by atoms with Crippen LogP contribution in [0.5, 0.6) is 5.75 Å². The van der Waals surface area contributed by atoms with Gasteiger partial charge in [-0.2, -0.15) is 5.26 Å². The fraction of sp³-hybridized carbons (Fsp3) is 0.286. The quantitative estimate of drug-likeness (QED) is 0.460. The third kappa shape index (κ3) is 5.64. The minimum Gasteiger partial charge on any atom is -0.494 e. The topological polar surface area (TPSA) is 33.0 Å². The second-order valence-corrected chi connectivity index (χ2v) is 5.48. The van der Waals surface area contributed by atoms with E-state index in [1.165, 1.54) is 12.8 Å². The van der Waals surface area contributed by atoms with Crippen molar-refractivity contribution < 1.29 is 4.74 Å². The van der Waals surface area contributed by atoms with E-state index in [0.29, 0.717) is 5.56 Å². The lowest BCUT2D eigenvalue weighted by molar-refractivity contribution is 0.305. The van der Waals surface area contributed by atoms with E-state index in [2.05, 4.69) is 37.3 Å². The Balaban J connectivity index is 1.79. The highest BCUT2D eigenvalue weighted by molar-refractivity contribution is 5.64. The van der Waals surface area contributed by atoms with E-state index in [9.17, 15) is 0 Å². The maximum atomic E-state index is 8.83. The molecule has 0 aromatic heterocycles. The molecule has 118 valence electrons. The number of hydrogen-bond donors (Lipinski definition) is 0. The van der Waals surface area contributed by atoms with Crippen molar-refractivity contribution in [3.05, 3.63) is 66.2 Å². The van der Waals surface area contributed by atoms with Crippen LogP contribution in [0.4, 0.5) is 0 Å². The van der Waals surface area contributed by atoms with Crippen molar-refractivity contribution in [1.82, 2.24) is 0 Å². The number of hydrogen-bond acceptors (Lipinski definition) is 2. The first-order chi connectivity index (χ1) is 11.3. The summed E-state index contributed by atoms with van der Waals surface area (Å²) in [6.07, 6.45) is 9.00. The van der Waals surface area contributed by atoms with E-state index in [-0.39, 0.29) is 0 Å². The number of nitriles is 1. The molecule has 0 fully saturated rings. The normalized spacial score (nSPS) is 10.6. The fourth-order valence-electron chi connectivity index (χ4n) is 2.38. The maximum absolute atomic E-state index is 8.83. The minimum atomic E-state index is 0.683. The van der Waals surface area contributed by atoms with Crippen LogP contribution >= 0.6 is 0 Å². The van der Waals surface area contributed by atoms with Crippen molar-refractivity contribution in [2.45, 2.75) is 32.6 Å². The second kappa shape index (κ2) is 9.48. The van der Waals surface area contributed by atoms with Crippen LogP contribution in [0, 0.1) is 11.3 Å². The molecule has 0 aliphatic rings. The van der Waals surface area contributed by atoms with E-state index >= 15 is 0 Å². The number of allylic oxidation sites excluding steroid dienone is 2. The third-order valence-electron chi connectivity index (χ3n) is 3.72. The van der Waals surface area contributed by atoms with Crippen LogP contribution in [-0.4, -0.2) is 6.61 Å². The van der Waals surface area contributed by atoms with E-state index in [1.807, 2.05) is 36.4 Å². The molecule has 0 aliphatic carbocycles. The summed E-state index contributed by atoms with van der Waals surface area (Å²) in [4.78, 5) is 0. The summed E-state index contributed by atoms with van der Waals surface area (Å²) in [6, 6.07) is 17.9. The molecule has 0 saturated heterocycles. The Morgan fingerprint density at radius 3 is 2.17 bits per heavy atom. The van der Waals surface area contributed by atoms with Crippen molar-refractivity contribution in [2.75, 3.05) is 6.61 Å². The van der Waals surface area contributed by atoms with Gasteiger partial charge in [-0.05, 0) is 68.0 Å². The number of nitrogens with zero attached hydrogens (tertiary/aromatic N) is 1. The van der Waals surface area contributed by atoms with Gasteiger partial charge in [-0.15, -0.1) is 0 Å². The van der Waals surface area contributed by atoms with Crippen LogP contribution in [0.25, 0.3) is 11.1 Å². The molecule has 0 saturated carbocycles. The molecule has 0 unspecified atom stereocenters. The molecule has 0 N–H and O–H groups in total. The van der Waals surface area contributed by atoms with Gasteiger partial charge in [0.1, 0.15) is 5.75 Å².